The molecule has 0 saturated heterocycles. The van der Waals surface area contributed by atoms with E-state index >= 15 is 0 Å². The number of nitriles is 1. The van der Waals surface area contributed by atoms with Crippen molar-refractivity contribution < 1.29 is 4.79 Å². The van der Waals surface area contributed by atoms with Gasteiger partial charge in [0, 0.05) is 16.1 Å². The average Bonchev–Trinajstić information content (AvgIpc) is 3.03. The Morgan fingerprint density at radius 1 is 1.43 bits per heavy atom. The summed E-state index contributed by atoms with van der Waals surface area (Å²) in [4.78, 5) is 12.9. The highest BCUT2D eigenvalue weighted by Gasteiger charge is 2.69. The van der Waals surface area contributed by atoms with Crippen LogP contribution in [0.5, 0.6) is 0 Å². The maximum absolute atomic E-state index is 12.9. The summed E-state index contributed by atoms with van der Waals surface area (Å²) in [5, 5.41) is 13.2. The van der Waals surface area contributed by atoms with Crippen LogP contribution in [0.2, 0.25) is 5.02 Å². The molecule has 1 aromatic carbocycles. The monoisotopic (exact) mass is 372 g/mol. The first kappa shape index (κ1) is 18.4. The molecule has 0 bridgehead atoms. The highest BCUT2D eigenvalue weighted by Crippen LogP contribution is 2.70. The van der Waals surface area contributed by atoms with E-state index in [0.717, 1.165) is 0 Å². The van der Waals surface area contributed by atoms with Gasteiger partial charge in [0.05, 0.1) is 6.07 Å². The molecule has 0 aliphatic heterocycles. The highest BCUT2D eigenvalue weighted by atomic mass is 35.5. The molecule has 2 rings (SSSR count). The topological polar surface area (TPSA) is 52.9 Å². The minimum Gasteiger partial charge on any atom is -0.325 e. The lowest BCUT2D eigenvalue weighted by Crippen LogP contribution is -2.44. The van der Waals surface area contributed by atoms with Crippen LogP contribution in [0.3, 0.4) is 0 Å². The van der Waals surface area contributed by atoms with Gasteiger partial charge in [-0.05, 0) is 43.0 Å². The second-order valence-electron chi connectivity index (χ2n) is 6.42. The van der Waals surface area contributed by atoms with E-state index in [1.165, 1.54) is 0 Å². The van der Waals surface area contributed by atoms with E-state index in [4.69, 9.17) is 34.8 Å². The molecule has 1 aliphatic rings. The molecule has 0 aromatic heterocycles. The third-order valence-corrected chi connectivity index (χ3v) is 6.64. The number of alkyl halides is 2. The summed E-state index contributed by atoms with van der Waals surface area (Å²) in [5.74, 6) is -0.623. The molecular formula is C17H19Cl3N2O. The van der Waals surface area contributed by atoms with Crippen molar-refractivity contribution in [2.24, 2.45) is 16.7 Å². The van der Waals surface area contributed by atoms with Gasteiger partial charge >= 0.3 is 0 Å². The number of amides is 1. The molecule has 124 valence electrons. The normalized spacial score (nSPS) is 25.8. The van der Waals surface area contributed by atoms with Crippen LogP contribution in [0.1, 0.15) is 33.6 Å². The zero-order valence-corrected chi connectivity index (χ0v) is 15.6. The summed E-state index contributed by atoms with van der Waals surface area (Å²) in [6.07, 6.45) is 0.950. The van der Waals surface area contributed by atoms with Gasteiger partial charge < -0.3 is 5.32 Å². The molecule has 0 spiro atoms. The van der Waals surface area contributed by atoms with Gasteiger partial charge in [-0.15, -0.1) is 23.2 Å². The van der Waals surface area contributed by atoms with Gasteiger partial charge in [-0.3, -0.25) is 4.79 Å². The first-order chi connectivity index (χ1) is 10.6. The summed E-state index contributed by atoms with van der Waals surface area (Å²) in [7, 11) is 0. The molecule has 1 N–H and O–H groups in total. The van der Waals surface area contributed by atoms with Gasteiger partial charge in [-0.1, -0.05) is 32.4 Å². The van der Waals surface area contributed by atoms with Crippen LogP contribution in [-0.4, -0.2) is 10.2 Å². The number of hydrogen-bond acceptors (Lipinski definition) is 2. The zero-order chi connectivity index (χ0) is 17.5. The van der Waals surface area contributed by atoms with Crippen LogP contribution >= 0.6 is 34.8 Å². The fourth-order valence-electron chi connectivity index (χ4n) is 3.10. The largest absolute Gasteiger partial charge is 0.325 e. The van der Waals surface area contributed by atoms with Gasteiger partial charge in [-0.25, -0.2) is 0 Å². The maximum Gasteiger partial charge on any atom is 0.245 e. The van der Waals surface area contributed by atoms with Crippen molar-refractivity contribution in [3.63, 3.8) is 0 Å². The zero-order valence-electron chi connectivity index (χ0n) is 13.3. The van der Waals surface area contributed by atoms with Crippen molar-refractivity contribution in [1.29, 1.82) is 5.26 Å². The summed E-state index contributed by atoms with van der Waals surface area (Å²) in [6.45, 7) is 5.63. The van der Waals surface area contributed by atoms with E-state index in [2.05, 4.69) is 11.4 Å². The second kappa shape index (κ2) is 6.16. The third kappa shape index (κ3) is 3.05. The number of rotatable bonds is 5. The van der Waals surface area contributed by atoms with Crippen molar-refractivity contribution in [1.82, 2.24) is 0 Å². The quantitative estimate of drug-likeness (QED) is 0.701. The molecule has 3 atom stereocenters. The Bertz CT molecular complexity index is 653. The number of nitrogens with zero attached hydrogens (tertiary/aromatic N) is 1. The number of anilines is 1. The van der Waals surface area contributed by atoms with Crippen LogP contribution in [-0.2, 0) is 4.79 Å². The fourth-order valence-corrected chi connectivity index (χ4v) is 4.11. The summed E-state index contributed by atoms with van der Waals surface area (Å²) in [5.41, 5.74) is -1.05. The number of carbonyl (C=O) groups excluding carboxylic acids is 1. The Hall–Kier alpha value is -0.950. The molecule has 1 fully saturated rings. The van der Waals surface area contributed by atoms with E-state index in [-0.39, 0.29) is 11.8 Å². The predicted molar refractivity (Wildman–Crippen MR) is 94.7 cm³/mol. The minimum absolute atomic E-state index is 0.285. The molecule has 1 aromatic rings. The molecule has 0 radical (unpaired) electrons. The Balaban J connectivity index is 2.28. The van der Waals surface area contributed by atoms with Crippen molar-refractivity contribution in [2.45, 2.75) is 37.9 Å². The number of hydrogen-bond donors (Lipinski definition) is 1. The number of carbonyl (C=O) groups is 1. The van der Waals surface area contributed by atoms with Crippen molar-refractivity contribution >= 4 is 46.4 Å². The van der Waals surface area contributed by atoms with Gasteiger partial charge in [0.1, 0.15) is 9.75 Å². The van der Waals surface area contributed by atoms with Crippen molar-refractivity contribution in [3.8, 4) is 6.07 Å². The first-order valence-corrected chi connectivity index (χ1v) is 8.62. The number of halogens is 3. The molecule has 1 saturated carbocycles. The van der Waals surface area contributed by atoms with E-state index < -0.39 is 15.2 Å². The molecule has 1 aliphatic carbocycles. The van der Waals surface area contributed by atoms with Gasteiger partial charge in [-0.2, -0.15) is 5.26 Å². The molecule has 1 amide bonds. The SMILES string of the molecule is CC[C@@](C#N)(C(=O)Nc1ccc(Cl)cc1)C(C)C1(C)CC1(Cl)Cl. The molecule has 3 nitrogen and oxygen atoms in total. The van der Waals surface area contributed by atoms with E-state index in [1.807, 2.05) is 20.8 Å². The van der Waals surface area contributed by atoms with Crippen LogP contribution in [0.25, 0.3) is 0 Å². The van der Waals surface area contributed by atoms with Crippen LogP contribution in [0.15, 0.2) is 24.3 Å². The van der Waals surface area contributed by atoms with Gasteiger partial charge in [0.2, 0.25) is 5.91 Å². The third-order valence-electron chi connectivity index (χ3n) is 5.26. The Kier molecular flexibility index (Phi) is 4.93. The maximum atomic E-state index is 12.9. The smallest absolute Gasteiger partial charge is 0.245 e. The average molecular weight is 374 g/mol. The number of nitrogens with one attached hydrogen (secondary N) is 1. The summed E-state index contributed by atoms with van der Waals surface area (Å²) in [6, 6.07) is 9.00. The van der Waals surface area contributed by atoms with Gasteiger partial charge in [0.25, 0.3) is 0 Å². The predicted octanol–water partition coefficient (Wildman–Crippen LogP) is 5.42. The lowest BCUT2D eigenvalue weighted by Gasteiger charge is -2.35. The first-order valence-electron chi connectivity index (χ1n) is 7.49. The minimum atomic E-state index is -1.19. The fraction of sp³-hybridized carbons (Fsp3) is 0.529. The highest BCUT2D eigenvalue weighted by molar-refractivity contribution is 6.51. The van der Waals surface area contributed by atoms with Crippen LogP contribution in [0, 0.1) is 28.1 Å². The van der Waals surface area contributed by atoms with E-state index in [1.54, 1.807) is 24.3 Å². The van der Waals surface area contributed by atoms with E-state index in [0.29, 0.717) is 23.6 Å². The van der Waals surface area contributed by atoms with E-state index in [9.17, 15) is 10.1 Å². The van der Waals surface area contributed by atoms with Crippen molar-refractivity contribution in [3.05, 3.63) is 29.3 Å². The molecule has 2 unspecified atom stereocenters. The number of benzene rings is 1. The summed E-state index contributed by atoms with van der Waals surface area (Å²) >= 11 is 18.4. The Morgan fingerprint density at radius 3 is 2.35 bits per heavy atom. The Labute approximate surface area is 151 Å². The summed E-state index contributed by atoms with van der Waals surface area (Å²) < 4.78 is -0.885. The van der Waals surface area contributed by atoms with Gasteiger partial charge in [0.15, 0.2) is 0 Å². The lowest BCUT2D eigenvalue weighted by molar-refractivity contribution is -0.126. The van der Waals surface area contributed by atoms with Crippen molar-refractivity contribution in [2.75, 3.05) is 5.32 Å². The van der Waals surface area contributed by atoms with Crippen LogP contribution in [0.4, 0.5) is 5.69 Å². The molecule has 6 heteroatoms. The molecular weight excluding hydrogens is 355 g/mol. The second-order valence-corrected chi connectivity index (χ2v) is 8.34. The standard InChI is InChI=1S/C17H19Cl3N2O/c1-4-16(10-21,11(2)15(3)9-17(15,19)20)14(23)22-13-7-5-12(18)6-8-13/h5-8,11H,4,9H2,1-3H3,(H,22,23)/t11?,15?,16-/m0/s1. The molecule has 23 heavy (non-hydrogen) atoms. The molecule has 0 heterocycles. The lowest BCUT2D eigenvalue weighted by atomic mass is 9.67. The Morgan fingerprint density at radius 2 is 1.96 bits per heavy atom. The van der Waals surface area contributed by atoms with Crippen LogP contribution < -0.4 is 5.32 Å².